The third-order valence-corrected chi connectivity index (χ3v) is 1.97. The molecule has 1 aromatic rings. The first-order valence-electron chi connectivity index (χ1n) is 4.32. The normalized spacial score (nSPS) is 10.5. The second-order valence-corrected chi connectivity index (χ2v) is 3.04. The molecule has 0 saturated heterocycles. The molecular formula is C9H10F2N2O3. The van der Waals surface area contributed by atoms with Gasteiger partial charge in [0.1, 0.15) is 0 Å². The summed E-state index contributed by atoms with van der Waals surface area (Å²) in [5.41, 5.74) is 3.53. The predicted molar refractivity (Wildman–Crippen MR) is 52.2 cm³/mol. The minimum atomic E-state index is -2.82. The Labute approximate surface area is 89.2 Å². The number of esters is 1. The molecule has 0 atom stereocenters. The van der Waals surface area contributed by atoms with Crippen molar-refractivity contribution in [3.63, 3.8) is 0 Å². The second-order valence-electron chi connectivity index (χ2n) is 3.04. The molecular weight excluding hydrogens is 222 g/mol. The van der Waals surface area contributed by atoms with E-state index >= 15 is 0 Å². The highest BCUT2D eigenvalue weighted by atomic mass is 19.3. The van der Waals surface area contributed by atoms with Crippen molar-refractivity contribution in [2.75, 3.05) is 12.8 Å². The average Bonchev–Trinajstić information content (AvgIpc) is 2.22. The summed E-state index contributed by atoms with van der Waals surface area (Å²) < 4.78 is 29.4. The van der Waals surface area contributed by atoms with Crippen molar-refractivity contribution in [2.45, 2.75) is 12.8 Å². The van der Waals surface area contributed by atoms with Crippen molar-refractivity contribution in [1.29, 1.82) is 0 Å². The van der Waals surface area contributed by atoms with Gasteiger partial charge in [0.2, 0.25) is 0 Å². The van der Waals surface area contributed by atoms with Crippen molar-refractivity contribution >= 4 is 11.7 Å². The molecule has 0 spiro atoms. The molecule has 0 fully saturated rings. The summed E-state index contributed by atoms with van der Waals surface area (Å²) in [6, 6.07) is 0.863. The van der Waals surface area contributed by atoms with Crippen molar-refractivity contribution in [3.8, 4) is 0 Å². The highest BCUT2D eigenvalue weighted by molar-refractivity contribution is 5.72. The number of H-pyrrole nitrogens is 1. The smallest absolute Gasteiger partial charge is 0.311 e. The van der Waals surface area contributed by atoms with Gasteiger partial charge in [0.25, 0.3) is 12.0 Å². The quantitative estimate of drug-likeness (QED) is 0.747. The standard InChI is InChI=1S/C9H10F2N2O3/c1-16-7(14)3-6-4(8(10)11)2-5(12)9(15)13-6/h2,8H,3,12H2,1H3,(H,13,15). The number of hydrogen-bond donors (Lipinski definition) is 2. The van der Waals surface area contributed by atoms with E-state index in [4.69, 9.17) is 5.73 Å². The molecule has 0 aromatic carbocycles. The van der Waals surface area contributed by atoms with Gasteiger partial charge in [-0.15, -0.1) is 0 Å². The van der Waals surface area contributed by atoms with E-state index in [1.807, 2.05) is 0 Å². The number of hydrogen-bond acceptors (Lipinski definition) is 4. The van der Waals surface area contributed by atoms with Gasteiger partial charge in [-0.05, 0) is 6.07 Å². The Morgan fingerprint density at radius 1 is 1.62 bits per heavy atom. The summed E-state index contributed by atoms with van der Waals surface area (Å²) in [4.78, 5) is 24.2. The molecule has 0 bridgehead atoms. The zero-order valence-electron chi connectivity index (χ0n) is 8.42. The highest BCUT2D eigenvalue weighted by Gasteiger charge is 2.18. The van der Waals surface area contributed by atoms with Crippen LogP contribution in [0.25, 0.3) is 0 Å². The van der Waals surface area contributed by atoms with Crippen molar-refractivity contribution in [3.05, 3.63) is 27.7 Å². The monoisotopic (exact) mass is 232 g/mol. The van der Waals surface area contributed by atoms with E-state index in [1.54, 1.807) is 0 Å². The Kier molecular flexibility index (Phi) is 3.60. The Hall–Kier alpha value is -1.92. The van der Waals surface area contributed by atoms with Crippen LogP contribution in [0, 0.1) is 0 Å². The number of anilines is 1. The summed E-state index contributed by atoms with van der Waals surface area (Å²) in [5, 5.41) is 0. The minimum absolute atomic E-state index is 0.180. The number of aromatic amines is 1. The number of ether oxygens (including phenoxy) is 1. The zero-order valence-corrected chi connectivity index (χ0v) is 8.42. The molecule has 3 N–H and O–H groups in total. The molecule has 1 rings (SSSR count). The summed E-state index contributed by atoms with van der Waals surface area (Å²) in [6.07, 6.45) is -3.25. The Morgan fingerprint density at radius 3 is 2.75 bits per heavy atom. The van der Waals surface area contributed by atoms with Crippen LogP contribution < -0.4 is 11.3 Å². The molecule has 1 aromatic heterocycles. The fraction of sp³-hybridized carbons (Fsp3) is 0.333. The van der Waals surface area contributed by atoms with E-state index < -0.39 is 29.9 Å². The largest absolute Gasteiger partial charge is 0.469 e. The molecule has 0 saturated carbocycles. The molecule has 0 aliphatic rings. The van der Waals surface area contributed by atoms with Gasteiger partial charge in [-0.3, -0.25) is 9.59 Å². The third-order valence-electron chi connectivity index (χ3n) is 1.97. The van der Waals surface area contributed by atoms with Gasteiger partial charge < -0.3 is 15.5 Å². The van der Waals surface area contributed by atoms with E-state index in [0.717, 1.165) is 13.2 Å². The Bertz CT molecular complexity index is 457. The number of carbonyl (C=O) groups is 1. The van der Waals surface area contributed by atoms with Crippen LogP contribution in [-0.4, -0.2) is 18.1 Å². The highest BCUT2D eigenvalue weighted by Crippen LogP contribution is 2.22. The van der Waals surface area contributed by atoms with Gasteiger partial charge in [-0.2, -0.15) is 0 Å². The Morgan fingerprint density at radius 2 is 2.25 bits per heavy atom. The van der Waals surface area contributed by atoms with Crippen LogP contribution in [0.2, 0.25) is 0 Å². The Balaban J connectivity index is 3.20. The molecule has 0 radical (unpaired) electrons. The number of rotatable bonds is 3. The first kappa shape index (κ1) is 12.2. The summed E-state index contributed by atoms with van der Waals surface area (Å²) in [7, 11) is 1.12. The maximum Gasteiger partial charge on any atom is 0.311 e. The number of aromatic nitrogens is 1. The van der Waals surface area contributed by atoms with Crippen LogP contribution in [0.1, 0.15) is 17.7 Å². The molecule has 16 heavy (non-hydrogen) atoms. The summed E-state index contributed by atoms with van der Waals surface area (Å²) in [5.74, 6) is -0.720. The lowest BCUT2D eigenvalue weighted by Crippen LogP contribution is -2.18. The van der Waals surface area contributed by atoms with E-state index in [2.05, 4.69) is 9.72 Å². The first-order chi connectivity index (χ1) is 7.45. The van der Waals surface area contributed by atoms with Crippen LogP contribution in [0.3, 0.4) is 0 Å². The number of nitrogens with two attached hydrogens (primary N) is 1. The number of carbonyl (C=O) groups excluding carboxylic acids is 1. The van der Waals surface area contributed by atoms with Gasteiger partial charge in [0.05, 0.1) is 19.2 Å². The lowest BCUT2D eigenvalue weighted by molar-refractivity contribution is -0.139. The summed E-state index contributed by atoms with van der Waals surface area (Å²) >= 11 is 0. The number of alkyl halides is 2. The lowest BCUT2D eigenvalue weighted by Gasteiger charge is -2.08. The molecule has 0 aliphatic heterocycles. The minimum Gasteiger partial charge on any atom is -0.469 e. The molecule has 88 valence electrons. The first-order valence-corrected chi connectivity index (χ1v) is 4.32. The van der Waals surface area contributed by atoms with E-state index in [1.165, 1.54) is 0 Å². The van der Waals surface area contributed by atoms with Crippen molar-refractivity contribution in [2.24, 2.45) is 0 Å². The van der Waals surface area contributed by atoms with Gasteiger partial charge in [0, 0.05) is 11.3 Å². The molecule has 0 aliphatic carbocycles. The maximum atomic E-state index is 12.6. The predicted octanol–water partition coefficient (Wildman–Crippen LogP) is 0.610. The number of methoxy groups -OCH3 is 1. The fourth-order valence-corrected chi connectivity index (χ4v) is 1.16. The second kappa shape index (κ2) is 4.73. The molecule has 7 heteroatoms. The van der Waals surface area contributed by atoms with Crippen molar-refractivity contribution in [1.82, 2.24) is 4.98 Å². The van der Waals surface area contributed by atoms with Crippen molar-refractivity contribution < 1.29 is 18.3 Å². The summed E-state index contributed by atoms with van der Waals surface area (Å²) in [6.45, 7) is 0. The van der Waals surface area contributed by atoms with Crippen LogP contribution in [0.5, 0.6) is 0 Å². The van der Waals surface area contributed by atoms with Gasteiger partial charge >= 0.3 is 5.97 Å². The van der Waals surface area contributed by atoms with Crippen LogP contribution >= 0.6 is 0 Å². The third kappa shape index (κ3) is 2.56. The lowest BCUT2D eigenvalue weighted by atomic mass is 10.1. The fourth-order valence-electron chi connectivity index (χ4n) is 1.16. The topological polar surface area (TPSA) is 85.2 Å². The number of halogens is 2. The maximum absolute atomic E-state index is 12.6. The molecule has 0 unspecified atom stereocenters. The number of nitrogen functional groups attached to an aromatic ring is 1. The molecule has 5 nitrogen and oxygen atoms in total. The van der Waals surface area contributed by atoms with Gasteiger partial charge in [-0.1, -0.05) is 0 Å². The number of pyridine rings is 1. The number of nitrogens with one attached hydrogen (secondary N) is 1. The SMILES string of the molecule is COC(=O)Cc1[nH]c(=O)c(N)cc1C(F)F. The molecule has 0 amide bonds. The van der Waals surface area contributed by atoms with Gasteiger partial charge in [0.15, 0.2) is 0 Å². The van der Waals surface area contributed by atoms with Gasteiger partial charge in [-0.25, -0.2) is 8.78 Å². The van der Waals surface area contributed by atoms with E-state index in [0.29, 0.717) is 0 Å². The van der Waals surface area contributed by atoms with Crippen LogP contribution in [0.15, 0.2) is 10.9 Å². The van der Waals surface area contributed by atoms with E-state index in [-0.39, 0.29) is 11.4 Å². The van der Waals surface area contributed by atoms with Crippen LogP contribution in [0.4, 0.5) is 14.5 Å². The molecule has 1 heterocycles. The zero-order chi connectivity index (χ0) is 12.3. The van der Waals surface area contributed by atoms with Crippen LogP contribution in [-0.2, 0) is 16.0 Å². The van der Waals surface area contributed by atoms with E-state index in [9.17, 15) is 18.4 Å². The average molecular weight is 232 g/mol.